The van der Waals surface area contributed by atoms with Crippen molar-refractivity contribution in [1.29, 1.82) is 0 Å². The van der Waals surface area contributed by atoms with E-state index in [-0.39, 0.29) is 11.4 Å². The molecule has 0 spiro atoms. The first-order valence-electron chi connectivity index (χ1n) is 10.8. The Hall–Kier alpha value is -3.59. The van der Waals surface area contributed by atoms with E-state index >= 15 is 0 Å². The van der Waals surface area contributed by atoms with Gasteiger partial charge < -0.3 is 25.8 Å². The maximum absolute atomic E-state index is 13.1. The summed E-state index contributed by atoms with van der Waals surface area (Å²) in [6, 6.07) is 16.0. The van der Waals surface area contributed by atoms with Crippen LogP contribution in [0.25, 0.3) is 0 Å². The van der Waals surface area contributed by atoms with E-state index in [0.717, 1.165) is 11.3 Å². The van der Waals surface area contributed by atoms with E-state index in [9.17, 15) is 15.2 Å². The number of nitrogens with two attached hydrogens (primary N) is 1. The number of hydrogen-bond donors (Lipinski definition) is 3. The lowest BCUT2D eigenvalue weighted by Crippen LogP contribution is -2.60. The molecule has 1 atom stereocenters. The van der Waals surface area contributed by atoms with Crippen LogP contribution in [0.3, 0.4) is 0 Å². The molecule has 4 N–H and O–H groups in total. The highest BCUT2D eigenvalue weighted by Gasteiger charge is 2.39. The molecular weight excluding hydrogens is 422 g/mol. The van der Waals surface area contributed by atoms with Crippen molar-refractivity contribution in [2.75, 3.05) is 24.5 Å². The second-order valence-corrected chi connectivity index (χ2v) is 8.81. The third kappa shape index (κ3) is 5.81. The average molecular weight is 454 g/mol. The van der Waals surface area contributed by atoms with Crippen molar-refractivity contribution in [3.63, 3.8) is 0 Å². The summed E-state index contributed by atoms with van der Waals surface area (Å²) >= 11 is 0. The molecule has 33 heavy (non-hydrogen) atoms. The standard InChI is InChI=1S/C24H31N5O4/c1-24(2,3)33-23(30)29-14-13-28(19-11-9-17(15-25)10-12-19)16-20(29)22(27-32)21(26-31)18-7-5-4-6-8-18/h4-12,20,31-32H,13-16,25H2,1-3H3/b26-21+,27-22-. The molecule has 1 fully saturated rings. The molecular formula is C24H31N5O4. The van der Waals surface area contributed by atoms with Crippen LogP contribution < -0.4 is 10.6 Å². The van der Waals surface area contributed by atoms with Crippen LogP contribution >= 0.6 is 0 Å². The molecule has 0 aliphatic carbocycles. The number of carbonyl (C=O) groups excluding carboxylic acids is 1. The number of oxime groups is 2. The molecule has 1 saturated heterocycles. The van der Waals surface area contributed by atoms with Crippen molar-refractivity contribution in [2.45, 2.75) is 39.0 Å². The molecule has 1 unspecified atom stereocenters. The van der Waals surface area contributed by atoms with Gasteiger partial charge in [-0.25, -0.2) is 4.79 Å². The van der Waals surface area contributed by atoms with Crippen LogP contribution in [-0.4, -0.2) is 64.1 Å². The van der Waals surface area contributed by atoms with Crippen LogP contribution in [-0.2, 0) is 11.3 Å². The largest absolute Gasteiger partial charge is 0.444 e. The van der Waals surface area contributed by atoms with Crippen molar-refractivity contribution in [3.05, 3.63) is 65.7 Å². The van der Waals surface area contributed by atoms with Gasteiger partial charge in [0.2, 0.25) is 0 Å². The fraction of sp³-hybridized carbons (Fsp3) is 0.375. The first-order valence-corrected chi connectivity index (χ1v) is 10.8. The first-order chi connectivity index (χ1) is 15.8. The van der Waals surface area contributed by atoms with E-state index in [1.165, 1.54) is 4.90 Å². The molecule has 9 heteroatoms. The van der Waals surface area contributed by atoms with Crippen molar-refractivity contribution in [2.24, 2.45) is 16.0 Å². The second kappa shape index (κ2) is 10.4. The number of amides is 1. The van der Waals surface area contributed by atoms with Crippen molar-refractivity contribution in [3.8, 4) is 0 Å². The fourth-order valence-corrected chi connectivity index (χ4v) is 3.76. The molecule has 176 valence electrons. The Balaban J connectivity index is 1.97. The summed E-state index contributed by atoms with van der Waals surface area (Å²) in [5.41, 5.74) is 7.68. The van der Waals surface area contributed by atoms with Gasteiger partial charge >= 0.3 is 6.09 Å². The van der Waals surface area contributed by atoms with Crippen LogP contribution in [0.4, 0.5) is 10.5 Å². The Kier molecular flexibility index (Phi) is 7.55. The molecule has 0 bridgehead atoms. The van der Waals surface area contributed by atoms with Gasteiger partial charge in [-0.1, -0.05) is 52.8 Å². The molecule has 2 aromatic carbocycles. The van der Waals surface area contributed by atoms with Crippen LogP contribution in [0.5, 0.6) is 0 Å². The second-order valence-electron chi connectivity index (χ2n) is 8.81. The Bertz CT molecular complexity index is 1000. The smallest absolute Gasteiger partial charge is 0.410 e. The summed E-state index contributed by atoms with van der Waals surface area (Å²) in [7, 11) is 0. The van der Waals surface area contributed by atoms with E-state index in [4.69, 9.17) is 10.5 Å². The summed E-state index contributed by atoms with van der Waals surface area (Å²) in [6.07, 6.45) is -0.530. The van der Waals surface area contributed by atoms with Gasteiger partial charge in [0.15, 0.2) is 0 Å². The monoisotopic (exact) mass is 453 g/mol. The lowest BCUT2D eigenvalue weighted by molar-refractivity contribution is 0.0198. The number of hydrogen-bond acceptors (Lipinski definition) is 8. The van der Waals surface area contributed by atoms with E-state index in [0.29, 0.717) is 31.7 Å². The lowest BCUT2D eigenvalue weighted by atomic mass is 9.97. The molecule has 0 saturated carbocycles. The number of piperazine rings is 1. The van der Waals surface area contributed by atoms with E-state index in [2.05, 4.69) is 15.2 Å². The molecule has 0 radical (unpaired) electrons. The summed E-state index contributed by atoms with van der Waals surface area (Å²) in [5, 5.41) is 26.7. The Morgan fingerprint density at radius 3 is 2.27 bits per heavy atom. The highest BCUT2D eigenvalue weighted by Crippen LogP contribution is 2.24. The normalized spacial score (nSPS) is 17.8. The Morgan fingerprint density at radius 1 is 1.06 bits per heavy atom. The topological polar surface area (TPSA) is 124 Å². The summed E-state index contributed by atoms with van der Waals surface area (Å²) < 4.78 is 5.61. The van der Waals surface area contributed by atoms with Crippen molar-refractivity contribution < 1.29 is 19.9 Å². The minimum absolute atomic E-state index is 0.0674. The summed E-state index contributed by atoms with van der Waals surface area (Å²) in [6.45, 7) is 7.01. The van der Waals surface area contributed by atoms with Gasteiger partial charge in [0.1, 0.15) is 23.1 Å². The van der Waals surface area contributed by atoms with E-state index in [1.54, 1.807) is 45.0 Å². The number of anilines is 1. The van der Waals surface area contributed by atoms with Crippen molar-refractivity contribution >= 4 is 23.2 Å². The predicted octanol–water partition coefficient (Wildman–Crippen LogP) is 3.28. The van der Waals surface area contributed by atoms with Gasteiger partial charge in [0.05, 0.1) is 0 Å². The minimum Gasteiger partial charge on any atom is -0.444 e. The first kappa shape index (κ1) is 24.1. The van der Waals surface area contributed by atoms with E-state index in [1.807, 2.05) is 30.3 Å². The summed E-state index contributed by atoms with van der Waals surface area (Å²) in [4.78, 5) is 16.6. The molecule has 1 aliphatic heterocycles. The third-order valence-corrected chi connectivity index (χ3v) is 5.36. The number of carbonyl (C=O) groups is 1. The van der Waals surface area contributed by atoms with Gasteiger partial charge in [-0.2, -0.15) is 0 Å². The zero-order valence-electron chi connectivity index (χ0n) is 19.2. The molecule has 3 rings (SSSR count). The number of rotatable bonds is 5. The van der Waals surface area contributed by atoms with Crippen LogP contribution in [0.1, 0.15) is 31.9 Å². The maximum Gasteiger partial charge on any atom is 0.410 e. The Labute approximate surface area is 193 Å². The summed E-state index contributed by atoms with van der Waals surface area (Å²) in [5.74, 6) is 0. The quantitative estimate of drug-likeness (QED) is 0.363. The SMILES string of the molecule is CC(C)(C)OC(=O)N1CCN(c2ccc(CN)cc2)CC1C(=N/O)/C(=N/O)c1ccccc1. The maximum atomic E-state index is 13.1. The molecule has 1 amide bonds. The van der Waals surface area contributed by atoms with Crippen LogP contribution in [0.15, 0.2) is 64.9 Å². The van der Waals surface area contributed by atoms with Gasteiger partial charge in [-0.15, -0.1) is 0 Å². The number of nitrogens with zero attached hydrogens (tertiary/aromatic N) is 4. The van der Waals surface area contributed by atoms with Crippen LogP contribution in [0, 0.1) is 0 Å². The predicted molar refractivity (Wildman–Crippen MR) is 127 cm³/mol. The highest BCUT2D eigenvalue weighted by molar-refractivity contribution is 6.50. The highest BCUT2D eigenvalue weighted by atomic mass is 16.6. The molecule has 1 aliphatic rings. The number of benzene rings is 2. The number of ether oxygens (including phenoxy) is 1. The lowest BCUT2D eigenvalue weighted by Gasteiger charge is -2.42. The molecule has 1 heterocycles. The Morgan fingerprint density at radius 2 is 1.73 bits per heavy atom. The molecule has 2 aromatic rings. The van der Waals surface area contributed by atoms with Gasteiger partial charge in [0, 0.05) is 37.4 Å². The molecule has 9 nitrogen and oxygen atoms in total. The third-order valence-electron chi connectivity index (χ3n) is 5.36. The zero-order chi connectivity index (χ0) is 24.0. The van der Waals surface area contributed by atoms with Gasteiger partial charge in [-0.05, 0) is 38.5 Å². The molecule has 0 aromatic heterocycles. The van der Waals surface area contributed by atoms with E-state index < -0.39 is 17.7 Å². The fourth-order valence-electron chi connectivity index (χ4n) is 3.76. The van der Waals surface area contributed by atoms with Crippen LogP contribution in [0.2, 0.25) is 0 Å². The van der Waals surface area contributed by atoms with Gasteiger partial charge in [0.25, 0.3) is 0 Å². The zero-order valence-corrected chi connectivity index (χ0v) is 19.2. The van der Waals surface area contributed by atoms with Crippen molar-refractivity contribution in [1.82, 2.24) is 4.90 Å². The van der Waals surface area contributed by atoms with Gasteiger partial charge in [-0.3, -0.25) is 4.90 Å². The minimum atomic E-state index is -0.723. The average Bonchev–Trinajstić information content (AvgIpc) is 2.81.